The maximum absolute atomic E-state index is 11.5. The lowest BCUT2D eigenvalue weighted by Gasteiger charge is -2.04. The summed E-state index contributed by atoms with van der Waals surface area (Å²) in [7, 11) is 0. The summed E-state index contributed by atoms with van der Waals surface area (Å²) in [5, 5.41) is 8.49. The number of benzene rings is 1. The second-order valence-electron chi connectivity index (χ2n) is 4.80. The summed E-state index contributed by atoms with van der Waals surface area (Å²) in [6.07, 6.45) is 6.25. The molecule has 0 heterocycles. The molecular formula is C16H22O4. The maximum atomic E-state index is 11.5. The molecule has 1 rings (SSSR count). The number of ether oxygens (including phenoxy) is 1. The number of carbonyl (C=O) groups excluding carboxylic acids is 1. The molecule has 0 aliphatic heterocycles. The summed E-state index contributed by atoms with van der Waals surface area (Å²) >= 11 is 0. The Morgan fingerprint density at radius 3 is 2.00 bits per heavy atom. The molecule has 20 heavy (non-hydrogen) atoms. The Balaban J connectivity index is 1.96. The van der Waals surface area contributed by atoms with E-state index >= 15 is 0 Å². The Bertz CT molecular complexity index is 400. The number of unbranched alkanes of at least 4 members (excludes halogenated alkanes) is 5. The van der Waals surface area contributed by atoms with Crippen LogP contribution in [-0.2, 0) is 9.59 Å². The van der Waals surface area contributed by atoms with Crippen molar-refractivity contribution in [3.8, 4) is 5.75 Å². The van der Waals surface area contributed by atoms with E-state index in [2.05, 4.69) is 0 Å². The molecule has 110 valence electrons. The van der Waals surface area contributed by atoms with Crippen molar-refractivity contribution in [2.24, 2.45) is 0 Å². The third kappa shape index (κ3) is 8.29. The summed E-state index contributed by atoms with van der Waals surface area (Å²) in [4.78, 5) is 21.8. The van der Waals surface area contributed by atoms with Crippen LogP contribution in [-0.4, -0.2) is 17.0 Å². The SMILES string of the molecule is O=C(O)CCCCCCCCC(=O)Oc1ccccc1. The van der Waals surface area contributed by atoms with Crippen LogP contribution in [0, 0.1) is 0 Å². The summed E-state index contributed by atoms with van der Waals surface area (Å²) in [5.74, 6) is -0.332. The van der Waals surface area contributed by atoms with E-state index in [9.17, 15) is 9.59 Å². The first-order chi connectivity index (χ1) is 9.68. The molecule has 0 aliphatic carbocycles. The van der Waals surface area contributed by atoms with Crippen LogP contribution in [0.3, 0.4) is 0 Å². The minimum Gasteiger partial charge on any atom is -0.481 e. The average Bonchev–Trinajstić information content (AvgIpc) is 2.42. The Morgan fingerprint density at radius 2 is 1.40 bits per heavy atom. The van der Waals surface area contributed by atoms with Gasteiger partial charge in [0, 0.05) is 12.8 Å². The zero-order valence-electron chi connectivity index (χ0n) is 11.7. The Kier molecular flexibility index (Phi) is 8.11. The highest BCUT2D eigenvalue weighted by Gasteiger charge is 2.04. The number of carboxylic acids is 1. The number of aliphatic carboxylic acids is 1. The van der Waals surface area contributed by atoms with Gasteiger partial charge >= 0.3 is 11.9 Å². The van der Waals surface area contributed by atoms with Crippen LogP contribution in [0.25, 0.3) is 0 Å². The molecule has 1 N–H and O–H groups in total. The van der Waals surface area contributed by atoms with Crippen molar-refractivity contribution in [1.29, 1.82) is 0 Å². The molecule has 4 heteroatoms. The molecule has 0 radical (unpaired) electrons. The van der Waals surface area contributed by atoms with Gasteiger partial charge in [0.2, 0.25) is 0 Å². The van der Waals surface area contributed by atoms with Crippen LogP contribution >= 0.6 is 0 Å². The minimum atomic E-state index is -0.728. The Hall–Kier alpha value is -1.84. The number of rotatable bonds is 10. The van der Waals surface area contributed by atoms with Crippen LogP contribution in [0.15, 0.2) is 30.3 Å². The second kappa shape index (κ2) is 10.0. The van der Waals surface area contributed by atoms with Gasteiger partial charge in [0.1, 0.15) is 5.75 Å². The molecule has 1 aromatic carbocycles. The van der Waals surface area contributed by atoms with Crippen molar-refractivity contribution in [2.75, 3.05) is 0 Å². The fraction of sp³-hybridized carbons (Fsp3) is 0.500. The highest BCUT2D eigenvalue weighted by molar-refractivity contribution is 5.72. The van der Waals surface area contributed by atoms with Gasteiger partial charge in [0.25, 0.3) is 0 Å². The van der Waals surface area contributed by atoms with Crippen LogP contribution in [0.2, 0.25) is 0 Å². The molecule has 0 bridgehead atoms. The number of hydrogen-bond donors (Lipinski definition) is 1. The van der Waals surface area contributed by atoms with Gasteiger partial charge in [-0.15, -0.1) is 0 Å². The second-order valence-corrected chi connectivity index (χ2v) is 4.80. The molecular weight excluding hydrogens is 256 g/mol. The first kappa shape index (κ1) is 16.2. The van der Waals surface area contributed by atoms with Crippen molar-refractivity contribution in [2.45, 2.75) is 51.4 Å². The monoisotopic (exact) mass is 278 g/mol. The van der Waals surface area contributed by atoms with E-state index in [1.165, 1.54) is 0 Å². The third-order valence-corrected chi connectivity index (χ3v) is 3.00. The van der Waals surface area contributed by atoms with Crippen LogP contribution in [0.5, 0.6) is 5.75 Å². The van der Waals surface area contributed by atoms with Crippen molar-refractivity contribution in [3.05, 3.63) is 30.3 Å². The minimum absolute atomic E-state index is 0.193. The summed E-state index contributed by atoms with van der Waals surface area (Å²) in [6.45, 7) is 0. The Labute approximate surface area is 119 Å². The molecule has 0 aromatic heterocycles. The summed E-state index contributed by atoms with van der Waals surface area (Å²) in [6, 6.07) is 9.07. The van der Waals surface area contributed by atoms with Crippen molar-refractivity contribution in [1.82, 2.24) is 0 Å². The zero-order valence-corrected chi connectivity index (χ0v) is 11.7. The van der Waals surface area contributed by atoms with E-state index in [1.807, 2.05) is 18.2 Å². The number of hydrogen-bond acceptors (Lipinski definition) is 3. The maximum Gasteiger partial charge on any atom is 0.311 e. The Morgan fingerprint density at radius 1 is 0.850 bits per heavy atom. The van der Waals surface area contributed by atoms with Gasteiger partial charge in [-0.2, -0.15) is 0 Å². The number of carbonyl (C=O) groups is 2. The highest BCUT2D eigenvalue weighted by Crippen LogP contribution is 2.12. The average molecular weight is 278 g/mol. The quantitative estimate of drug-likeness (QED) is 0.401. The predicted octanol–water partition coefficient (Wildman–Crippen LogP) is 3.80. The van der Waals surface area contributed by atoms with E-state index in [1.54, 1.807) is 12.1 Å². The van der Waals surface area contributed by atoms with Crippen molar-refractivity contribution in [3.63, 3.8) is 0 Å². The molecule has 0 amide bonds. The van der Waals surface area contributed by atoms with Crippen molar-refractivity contribution >= 4 is 11.9 Å². The molecule has 0 atom stereocenters. The molecule has 4 nitrogen and oxygen atoms in total. The summed E-state index contributed by atoms with van der Waals surface area (Å²) < 4.78 is 5.18. The predicted molar refractivity (Wildman–Crippen MR) is 76.6 cm³/mol. The number of para-hydroxylation sites is 1. The van der Waals surface area contributed by atoms with E-state index in [0.29, 0.717) is 12.2 Å². The van der Waals surface area contributed by atoms with E-state index in [4.69, 9.17) is 9.84 Å². The van der Waals surface area contributed by atoms with Gasteiger partial charge in [0.05, 0.1) is 0 Å². The molecule has 0 aliphatic rings. The van der Waals surface area contributed by atoms with E-state index in [-0.39, 0.29) is 12.4 Å². The van der Waals surface area contributed by atoms with Gasteiger partial charge in [-0.25, -0.2) is 0 Å². The molecule has 1 aromatic rings. The first-order valence-electron chi connectivity index (χ1n) is 7.16. The first-order valence-corrected chi connectivity index (χ1v) is 7.16. The van der Waals surface area contributed by atoms with Gasteiger partial charge in [-0.3, -0.25) is 9.59 Å². The number of carboxylic acid groups (broad SMARTS) is 1. The lowest BCUT2D eigenvalue weighted by molar-refractivity contribution is -0.137. The third-order valence-electron chi connectivity index (χ3n) is 3.00. The van der Waals surface area contributed by atoms with Gasteiger partial charge < -0.3 is 9.84 Å². The van der Waals surface area contributed by atoms with Crippen molar-refractivity contribution < 1.29 is 19.4 Å². The lowest BCUT2D eigenvalue weighted by Crippen LogP contribution is -2.07. The topological polar surface area (TPSA) is 63.6 Å². The zero-order chi connectivity index (χ0) is 14.6. The largest absolute Gasteiger partial charge is 0.481 e. The van der Waals surface area contributed by atoms with E-state index < -0.39 is 5.97 Å². The fourth-order valence-electron chi connectivity index (χ4n) is 1.92. The van der Waals surface area contributed by atoms with Crippen LogP contribution in [0.1, 0.15) is 51.4 Å². The van der Waals surface area contributed by atoms with Gasteiger partial charge in [0.15, 0.2) is 0 Å². The smallest absolute Gasteiger partial charge is 0.311 e. The van der Waals surface area contributed by atoms with Crippen LogP contribution < -0.4 is 4.74 Å². The normalized spacial score (nSPS) is 10.2. The standard InChI is InChI=1S/C16H22O4/c17-15(18)12-8-3-1-2-4-9-13-16(19)20-14-10-6-5-7-11-14/h5-7,10-11H,1-4,8-9,12-13H2,(H,17,18). The molecule has 0 saturated heterocycles. The fourth-order valence-corrected chi connectivity index (χ4v) is 1.92. The molecule has 0 saturated carbocycles. The summed E-state index contributed by atoms with van der Waals surface area (Å²) in [5.41, 5.74) is 0. The number of esters is 1. The van der Waals surface area contributed by atoms with Gasteiger partial charge in [-0.1, -0.05) is 43.9 Å². The highest BCUT2D eigenvalue weighted by atomic mass is 16.5. The van der Waals surface area contributed by atoms with E-state index in [0.717, 1.165) is 38.5 Å². The van der Waals surface area contributed by atoms with Crippen LogP contribution in [0.4, 0.5) is 0 Å². The lowest BCUT2D eigenvalue weighted by atomic mass is 10.1. The van der Waals surface area contributed by atoms with Gasteiger partial charge in [-0.05, 0) is 25.0 Å². The molecule has 0 unspecified atom stereocenters. The molecule has 0 spiro atoms. The molecule has 0 fully saturated rings.